The van der Waals surface area contributed by atoms with Crippen LogP contribution in [0.2, 0.25) is 0 Å². The van der Waals surface area contributed by atoms with E-state index < -0.39 is 10.7 Å². The standard InChI is InChI=1S/C13H25NO2S2.C10H21NS.C3H6O.ClH/c1-5-7-9-14(10-8-6-2)12(17)18-13(3,4)11(15)16;1-4-6-8-11(10(3)12)9-7-5-2;1-3(2)4;/h5-10H2,1-4H3,(H,15,16);4-9H2,1-3H3;1-2H3;1H. The van der Waals surface area contributed by atoms with E-state index in [-0.39, 0.29) is 18.2 Å². The highest BCUT2D eigenvalue weighted by Crippen LogP contribution is 2.28. The minimum Gasteiger partial charge on any atom is -0.480 e. The summed E-state index contributed by atoms with van der Waals surface area (Å²) in [6.45, 7) is 21.4. The average molecular weight is 573 g/mol. The summed E-state index contributed by atoms with van der Waals surface area (Å²) >= 11 is 11.8. The number of carbonyl (C=O) groups excluding carboxylic acids is 1. The number of unbranched alkanes of at least 4 members (excludes halogenated alkanes) is 4. The zero-order valence-corrected chi connectivity index (χ0v) is 27.0. The molecule has 1 N–H and O–H groups in total. The summed E-state index contributed by atoms with van der Waals surface area (Å²) in [5.41, 5.74) is 0. The van der Waals surface area contributed by atoms with Crippen molar-refractivity contribution in [3.05, 3.63) is 0 Å². The van der Waals surface area contributed by atoms with Crippen molar-refractivity contribution >= 4 is 69.7 Å². The minimum atomic E-state index is -0.853. The molecular weight excluding hydrogens is 520 g/mol. The van der Waals surface area contributed by atoms with E-state index in [9.17, 15) is 9.59 Å². The number of hydrogen-bond donors (Lipinski definition) is 1. The third kappa shape index (κ3) is 28.0. The fourth-order valence-electron chi connectivity index (χ4n) is 2.44. The molecule has 9 heteroatoms. The smallest absolute Gasteiger partial charge is 0.319 e. The van der Waals surface area contributed by atoms with Crippen LogP contribution in [0, 0.1) is 0 Å². The molecule has 0 bridgehead atoms. The molecule has 0 spiro atoms. The number of hydrogen-bond acceptors (Lipinski definition) is 5. The first-order valence-electron chi connectivity index (χ1n) is 12.7. The first-order chi connectivity index (χ1) is 15.8. The number of ketones is 1. The Morgan fingerprint density at radius 1 is 0.743 bits per heavy atom. The van der Waals surface area contributed by atoms with Crippen LogP contribution in [0.5, 0.6) is 0 Å². The van der Waals surface area contributed by atoms with Gasteiger partial charge in [-0.15, -0.1) is 12.4 Å². The number of aliphatic carboxylic acids is 1. The summed E-state index contributed by atoms with van der Waals surface area (Å²) in [6.07, 6.45) is 9.47. The van der Waals surface area contributed by atoms with Crippen molar-refractivity contribution in [2.24, 2.45) is 0 Å². The maximum Gasteiger partial charge on any atom is 0.319 e. The highest BCUT2D eigenvalue weighted by molar-refractivity contribution is 8.24. The molecule has 0 fully saturated rings. The van der Waals surface area contributed by atoms with E-state index >= 15 is 0 Å². The first kappa shape index (κ1) is 41.7. The van der Waals surface area contributed by atoms with Gasteiger partial charge < -0.3 is 19.7 Å². The zero-order chi connectivity index (χ0) is 27.2. The number of rotatable bonds is 14. The summed E-state index contributed by atoms with van der Waals surface area (Å²) in [4.78, 5) is 26.1. The number of halogens is 1. The lowest BCUT2D eigenvalue weighted by atomic mass is 10.2. The lowest BCUT2D eigenvalue weighted by molar-refractivity contribution is -0.138. The molecule has 0 amide bonds. The summed E-state index contributed by atoms with van der Waals surface area (Å²) < 4.78 is -0.141. The van der Waals surface area contributed by atoms with Crippen molar-refractivity contribution in [3.8, 4) is 0 Å². The molecule has 0 aromatic carbocycles. The Hall–Kier alpha value is -0.440. The third-order valence-electron chi connectivity index (χ3n) is 4.69. The molecule has 5 nitrogen and oxygen atoms in total. The van der Waals surface area contributed by atoms with Crippen LogP contribution in [0.3, 0.4) is 0 Å². The second kappa shape index (κ2) is 26.6. The number of nitrogens with zero attached hydrogens (tertiary/aromatic N) is 2. The summed E-state index contributed by atoms with van der Waals surface area (Å²) in [7, 11) is 0. The average Bonchev–Trinajstić information content (AvgIpc) is 2.73. The largest absolute Gasteiger partial charge is 0.480 e. The Labute approximate surface area is 238 Å². The molecule has 0 aromatic heterocycles. The van der Waals surface area contributed by atoms with Crippen LogP contribution in [-0.2, 0) is 9.59 Å². The van der Waals surface area contributed by atoms with Gasteiger partial charge in [0.25, 0.3) is 0 Å². The van der Waals surface area contributed by atoms with Crippen molar-refractivity contribution < 1.29 is 14.7 Å². The summed E-state index contributed by atoms with van der Waals surface area (Å²) in [5.74, 6) is -0.652. The lowest BCUT2D eigenvalue weighted by Gasteiger charge is -2.28. The molecule has 210 valence electrons. The maximum atomic E-state index is 11.1. The second-order valence-electron chi connectivity index (χ2n) is 9.00. The molecule has 0 aliphatic carbocycles. The van der Waals surface area contributed by atoms with E-state index in [1.54, 1.807) is 13.8 Å². The molecular formula is C26H53ClN2O3S3. The van der Waals surface area contributed by atoms with Gasteiger partial charge in [0, 0.05) is 26.2 Å². The van der Waals surface area contributed by atoms with Crippen LogP contribution in [-0.4, -0.2) is 66.9 Å². The molecule has 0 aliphatic rings. The van der Waals surface area contributed by atoms with Crippen LogP contribution in [0.1, 0.15) is 114 Å². The van der Waals surface area contributed by atoms with Gasteiger partial charge in [-0.1, -0.05) is 89.6 Å². The Morgan fingerprint density at radius 2 is 1.03 bits per heavy atom. The molecule has 0 atom stereocenters. The topological polar surface area (TPSA) is 60.9 Å². The minimum absolute atomic E-state index is 0. The van der Waals surface area contributed by atoms with E-state index in [2.05, 4.69) is 37.5 Å². The number of carboxylic acid groups (broad SMARTS) is 1. The van der Waals surface area contributed by atoms with Gasteiger partial charge in [-0.25, -0.2) is 0 Å². The van der Waals surface area contributed by atoms with E-state index in [0.717, 1.165) is 56.9 Å². The SMILES string of the molecule is CC(C)=O.CCCCN(CCCC)C(=S)SC(C)(C)C(=O)O.CCCCN(CCCC)C(C)=S.Cl. The third-order valence-corrected chi connectivity index (χ3v) is 6.57. The highest BCUT2D eigenvalue weighted by Gasteiger charge is 2.31. The van der Waals surface area contributed by atoms with Crippen LogP contribution >= 0.6 is 48.6 Å². The Morgan fingerprint density at radius 3 is 1.26 bits per heavy atom. The van der Waals surface area contributed by atoms with Gasteiger partial charge >= 0.3 is 5.97 Å². The van der Waals surface area contributed by atoms with Crippen LogP contribution in [0.15, 0.2) is 0 Å². The Kier molecular flexibility index (Phi) is 31.7. The summed E-state index contributed by atoms with van der Waals surface area (Å²) in [5, 5.41) is 9.13. The van der Waals surface area contributed by atoms with Gasteiger partial charge in [0.1, 0.15) is 14.9 Å². The highest BCUT2D eigenvalue weighted by atomic mass is 35.5. The molecule has 0 radical (unpaired) electrons. The quantitative estimate of drug-likeness (QED) is 0.210. The monoisotopic (exact) mass is 572 g/mol. The van der Waals surface area contributed by atoms with Crippen molar-refractivity contribution in [2.75, 3.05) is 26.2 Å². The zero-order valence-electron chi connectivity index (χ0n) is 23.8. The van der Waals surface area contributed by atoms with Crippen LogP contribution < -0.4 is 0 Å². The number of carbonyl (C=O) groups is 2. The van der Waals surface area contributed by atoms with Crippen molar-refractivity contribution in [3.63, 3.8) is 0 Å². The molecule has 0 heterocycles. The van der Waals surface area contributed by atoms with E-state index in [4.69, 9.17) is 29.5 Å². The van der Waals surface area contributed by atoms with Crippen molar-refractivity contribution in [1.82, 2.24) is 9.80 Å². The molecule has 0 rings (SSSR count). The molecule has 0 aliphatic heterocycles. The second-order valence-corrected chi connectivity index (χ2v) is 11.8. The predicted octanol–water partition coefficient (Wildman–Crippen LogP) is 8.02. The van der Waals surface area contributed by atoms with Gasteiger partial charge in [0.15, 0.2) is 0 Å². The lowest BCUT2D eigenvalue weighted by Crippen LogP contribution is -2.36. The van der Waals surface area contributed by atoms with E-state index in [1.807, 2.05) is 6.92 Å². The van der Waals surface area contributed by atoms with Gasteiger partial charge in [0.2, 0.25) is 0 Å². The van der Waals surface area contributed by atoms with Crippen molar-refractivity contribution in [2.45, 2.75) is 118 Å². The Bertz CT molecular complexity index is 556. The summed E-state index contributed by atoms with van der Waals surface area (Å²) in [6, 6.07) is 0. The van der Waals surface area contributed by atoms with Gasteiger partial charge in [-0.3, -0.25) is 4.79 Å². The number of thioether (sulfide) groups is 1. The molecule has 0 unspecified atom stereocenters. The maximum absolute atomic E-state index is 11.1. The Balaban J connectivity index is -0.000000244. The normalized spacial score (nSPS) is 9.97. The van der Waals surface area contributed by atoms with Gasteiger partial charge in [-0.05, 0) is 60.3 Å². The molecule has 0 saturated heterocycles. The number of carboxylic acids is 1. The molecule has 0 saturated carbocycles. The van der Waals surface area contributed by atoms with Crippen LogP contribution in [0.25, 0.3) is 0 Å². The number of Topliss-reactive ketones (excluding diaryl/α,β-unsaturated/α-hetero) is 1. The fourth-order valence-corrected chi connectivity index (χ4v) is 4.27. The van der Waals surface area contributed by atoms with E-state index in [1.165, 1.54) is 51.3 Å². The van der Waals surface area contributed by atoms with Gasteiger partial charge in [0.05, 0.1) is 4.99 Å². The van der Waals surface area contributed by atoms with Gasteiger partial charge in [-0.2, -0.15) is 0 Å². The predicted molar refractivity (Wildman–Crippen MR) is 167 cm³/mol. The fraction of sp³-hybridized carbons (Fsp3) is 0.846. The van der Waals surface area contributed by atoms with Crippen LogP contribution in [0.4, 0.5) is 0 Å². The number of thiocarbonyl (C=S) groups is 2. The van der Waals surface area contributed by atoms with Crippen molar-refractivity contribution in [1.29, 1.82) is 0 Å². The molecule has 35 heavy (non-hydrogen) atoms. The van der Waals surface area contributed by atoms with E-state index in [0.29, 0.717) is 4.32 Å². The first-order valence-corrected chi connectivity index (χ1v) is 14.4. The molecule has 0 aromatic rings.